The lowest BCUT2D eigenvalue weighted by molar-refractivity contribution is 0.373. The maximum Gasteiger partial charge on any atom is 0.244 e. The van der Waals surface area contributed by atoms with Gasteiger partial charge in [-0.2, -0.15) is 4.31 Å². The molecule has 0 saturated heterocycles. The molecule has 5 nitrogen and oxygen atoms in total. The summed E-state index contributed by atoms with van der Waals surface area (Å²) in [4.78, 5) is 4.45. The molecule has 1 aromatic heterocycles. The number of pyridine rings is 1. The fraction of sp³-hybridized carbons (Fsp3) is 0.643. The summed E-state index contributed by atoms with van der Waals surface area (Å²) in [6, 6.07) is 3.49. The monoisotopic (exact) mass is 297 g/mol. The van der Waals surface area contributed by atoms with Crippen molar-refractivity contribution in [2.45, 2.75) is 50.0 Å². The Balaban J connectivity index is 2.12. The molecule has 112 valence electrons. The van der Waals surface area contributed by atoms with Crippen molar-refractivity contribution in [1.29, 1.82) is 0 Å². The Kier molecular flexibility index (Phi) is 4.99. The highest BCUT2D eigenvalue weighted by Crippen LogP contribution is 2.27. The highest BCUT2D eigenvalue weighted by Gasteiger charge is 2.30. The zero-order valence-corrected chi connectivity index (χ0v) is 13.0. The zero-order chi connectivity index (χ0) is 14.6. The number of anilines is 1. The van der Waals surface area contributed by atoms with Crippen LogP contribution in [0.4, 0.5) is 5.82 Å². The van der Waals surface area contributed by atoms with Crippen molar-refractivity contribution in [3.8, 4) is 0 Å². The molecule has 1 N–H and O–H groups in total. The molecule has 20 heavy (non-hydrogen) atoms. The average molecular weight is 297 g/mol. The number of sulfonamides is 1. The molecule has 1 saturated carbocycles. The van der Waals surface area contributed by atoms with Crippen LogP contribution in [0.1, 0.15) is 39.0 Å². The van der Waals surface area contributed by atoms with E-state index < -0.39 is 10.0 Å². The molecule has 0 spiro atoms. The molecule has 0 atom stereocenters. The Morgan fingerprint density at radius 3 is 2.60 bits per heavy atom. The van der Waals surface area contributed by atoms with Gasteiger partial charge in [0.15, 0.2) is 0 Å². The number of hydrogen-bond donors (Lipinski definition) is 1. The fourth-order valence-electron chi connectivity index (χ4n) is 2.52. The molecular formula is C14H23N3O2S. The van der Waals surface area contributed by atoms with Gasteiger partial charge in [0.1, 0.15) is 10.7 Å². The summed E-state index contributed by atoms with van der Waals surface area (Å²) < 4.78 is 26.5. The van der Waals surface area contributed by atoms with Crippen molar-refractivity contribution >= 4 is 15.8 Å². The van der Waals surface area contributed by atoms with Crippen molar-refractivity contribution in [1.82, 2.24) is 9.29 Å². The van der Waals surface area contributed by atoms with Crippen LogP contribution in [0.25, 0.3) is 0 Å². The van der Waals surface area contributed by atoms with Gasteiger partial charge in [0.25, 0.3) is 0 Å². The molecule has 0 radical (unpaired) electrons. The Labute approximate surface area is 121 Å². The van der Waals surface area contributed by atoms with Crippen molar-refractivity contribution in [3.63, 3.8) is 0 Å². The molecule has 1 aromatic rings. The van der Waals surface area contributed by atoms with E-state index in [4.69, 9.17) is 0 Å². The van der Waals surface area contributed by atoms with E-state index in [0.29, 0.717) is 5.82 Å². The van der Waals surface area contributed by atoms with Crippen LogP contribution in [0.5, 0.6) is 0 Å². The summed E-state index contributed by atoms with van der Waals surface area (Å²) in [5.74, 6) is 0.717. The Bertz CT molecular complexity index is 522. The first-order valence-electron chi connectivity index (χ1n) is 7.23. The van der Waals surface area contributed by atoms with Gasteiger partial charge in [0.2, 0.25) is 10.0 Å². The molecule has 0 unspecified atom stereocenters. The molecule has 1 fully saturated rings. The standard InChI is InChI=1S/C14H23N3O2S/c1-3-10-15-14-9-8-13(11-16-14)20(18,19)17(2)12-6-4-5-7-12/h8-9,11-12H,3-7,10H2,1-2H3,(H,15,16). The molecule has 2 rings (SSSR count). The average Bonchev–Trinajstić information content (AvgIpc) is 2.98. The highest BCUT2D eigenvalue weighted by molar-refractivity contribution is 7.89. The van der Waals surface area contributed by atoms with Gasteiger partial charge in [-0.05, 0) is 31.4 Å². The summed E-state index contributed by atoms with van der Waals surface area (Å²) >= 11 is 0. The van der Waals surface area contributed by atoms with Crippen LogP contribution in [-0.4, -0.2) is 37.3 Å². The summed E-state index contributed by atoms with van der Waals surface area (Å²) in [5, 5.41) is 3.14. The second-order valence-corrected chi connectivity index (χ2v) is 7.26. The van der Waals surface area contributed by atoms with Gasteiger partial charge < -0.3 is 5.32 Å². The molecule has 0 aromatic carbocycles. The van der Waals surface area contributed by atoms with Crippen molar-refractivity contribution in [2.24, 2.45) is 0 Å². The summed E-state index contributed by atoms with van der Waals surface area (Å²) in [7, 11) is -1.74. The predicted molar refractivity (Wildman–Crippen MR) is 80.2 cm³/mol. The van der Waals surface area contributed by atoms with Crippen LogP contribution < -0.4 is 5.32 Å². The van der Waals surface area contributed by atoms with Crippen molar-refractivity contribution in [3.05, 3.63) is 18.3 Å². The van der Waals surface area contributed by atoms with E-state index in [0.717, 1.165) is 38.6 Å². The number of rotatable bonds is 6. The van der Waals surface area contributed by atoms with Gasteiger partial charge in [-0.25, -0.2) is 13.4 Å². The second-order valence-electron chi connectivity index (χ2n) is 5.27. The molecule has 1 aliphatic rings. The smallest absolute Gasteiger partial charge is 0.244 e. The molecule has 1 heterocycles. The van der Waals surface area contributed by atoms with E-state index in [1.165, 1.54) is 10.5 Å². The Hall–Kier alpha value is -1.14. The first kappa shape index (κ1) is 15.3. The normalized spacial score (nSPS) is 16.8. The molecule has 0 bridgehead atoms. The number of hydrogen-bond acceptors (Lipinski definition) is 4. The largest absolute Gasteiger partial charge is 0.370 e. The van der Waals surface area contributed by atoms with Crippen molar-refractivity contribution < 1.29 is 8.42 Å². The van der Waals surface area contributed by atoms with Crippen LogP contribution in [0, 0.1) is 0 Å². The summed E-state index contributed by atoms with van der Waals surface area (Å²) in [6.45, 7) is 2.91. The van der Waals surface area contributed by atoms with Gasteiger partial charge in [-0.3, -0.25) is 0 Å². The number of nitrogens with one attached hydrogen (secondary N) is 1. The zero-order valence-electron chi connectivity index (χ0n) is 12.2. The van der Waals surface area contributed by atoms with Gasteiger partial charge in [0, 0.05) is 25.8 Å². The maximum atomic E-state index is 12.5. The Morgan fingerprint density at radius 2 is 2.05 bits per heavy atom. The Morgan fingerprint density at radius 1 is 1.35 bits per heavy atom. The quantitative estimate of drug-likeness (QED) is 0.876. The third kappa shape index (κ3) is 3.30. The van der Waals surface area contributed by atoms with Gasteiger partial charge in [-0.1, -0.05) is 19.8 Å². The third-order valence-electron chi connectivity index (χ3n) is 3.81. The molecule has 6 heteroatoms. The van der Waals surface area contributed by atoms with Crippen LogP contribution >= 0.6 is 0 Å². The first-order chi connectivity index (χ1) is 9.55. The van der Waals surface area contributed by atoms with Gasteiger partial charge in [-0.15, -0.1) is 0 Å². The lowest BCUT2D eigenvalue weighted by Crippen LogP contribution is -2.35. The van der Waals surface area contributed by atoms with E-state index in [2.05, 4.69) is 17.2 Å². The first-order valence-corrected chi connectivity index (χ1v) is 8.67. The number of nitrogens with zero attached hydrogens (tertiary/aromatic N) is 2. The van der Waals surface area contributed by atoms with Crippen LogP contribution in [0.15, 0.2) is 23.2 Å². The topological polar surface area (TPSA) is 62.3 Å². The lowest BCUT2D eigenvalue weighted by atomic mass is 10.3. The van der Waals surface area contributed by atoms with Crippen LogP contribution in [0.2, 0.25) is 0 Å². The van der Waals surface area contributed by atoms with Crippen LogP contribution in [-0.2, 0) is 10.0 Å². The third-order valence-corrected chi connectivity index (χ3v) is 5.70. The second kappa shape index (κ2) is 6.54. The number of aromatic nitrogens is 1. The molecule has 1 aliphatic carbocycles. The van der Waals surface area contributed by atoms with Gasteiger partial charge in [0.05, 0.1) is 0 Å². The van der Waals surface area contributed by atoms with E-state index in [1.54, 1.807) is 19.2 Å². The highest BCUT2D eigenvalue weighted by atomic mass is 32.2. The molecular weight excluding hydrogens is 274 g/mol. The van der Waals surface area contributed by atoms with E-state index >= 15 is 0 Å². The molecule has 0 amide bonds. The minimum absolute atomic E-state index is 0.137. The maximum absolute atomic E-state index is 12.5. The minimum Gasteiger partial charge on any atom is -0.370 e. The SMILES string of the molecule is CCCNc1ccc(S(=O)(=O)N(C)C2CCCC2)cn1. The van der Waals surface area contributed by atoms with Gasteiger partial charge >= 0.3 is 0 Å². The lowest BCUT2D eigenvalue weighted by Gasteiger charge is -2.23. The van der Waals surface area contributed by atoms with Crippen LogP contribution in [0.3, 0.4) is 0 Å². The van der Waals surface area contributed by atoms with E-state index in [9.17, 15) is 8.42 Å². The molecule has 0 aliphatic heterocycles. The van der Waals surface area contributed by atoms with E-state index in [-0.39, 0.29) is 10.9 Å². The summed E-state index contributed by atoms with van der Waals surface area (Å²) in [5.41, 5.74) is 0. The minimum atomic E-state index is -3.42. The summed E-state index contributed by atoms with van der Waals surface area (Å²) in [6.07, 6.45) is 6.59. The fourth-order valence-corrected chi connectivity index (χ4v) is 3.88. The van der Waals surface area contributed by atoms with Crippen molar-refractivity contribution in [2.75, 3.05) is 18.9 Å². The van der Waals surface area contributed by atoms with E-state index in [1.807, 2.05) is 0 Å². The predicted octanol–water partition coefficient (Wildman–Crippen LogP) is 2.47.